The van der Waals surface area contributed by atoms with Crippen LogP contribution in [0, 0.1) is 0 Å². The van der Waals surface area contributed by atoms with Crippen molar-refractivity contribution >= 4 is 22.6 Å². The first-order valence-corrected chi connectivity index (χ1v) is 7.46. The van der Waals surface area contributed by atoms with Crippen LogP contribution in [0.5, 0.6) is 11.5 Å². The molecule has 3 rings (SSSR count). The Labute approximate surface area is 137 Å². The number of para-hydroxylation sites is 1. The fourth-order valence-electron chi connectivity index (χ4n) is 2.51. The monoisotopic (exact) mass is 330 g/mol. The maximum atomic E-state index is 12.3. The summed E-state index contributed by atoms with van der Waals surface area (Å²) in [5.74, 6) is 0.405. The van der Waals surface area contributed by atoms with Crippen molar-refractivity contribution in [2.24, 2.45) is 0 Å². The summed E-state index contributed by atoms with van der Waals surface area (Å²) in [5.41, 5.74) is -1.30. The first kappa shape index (κ1) is 15.4. The zero-order chi connectivity index (χ0) is 16.6. The van der Waals surface area contributed by atoms with E-state index in [4.69, 9.17) is 20.8 Å². The lowest BCUT2D eigenvalue weighted by atomic mass is 9.97. The van der Waals surface area contributed by atoms with Gasteiger partial charge in [-0.3, -0.25) is 0 Å². The highest BCUT2D eigenvalue weighted by Crippen LogP contribution is 2.35. The van der Waals surface area contributed by atoms with Crippen LogP contribution >= 0.6 is 11.6 Å². The molecule has 0 atom stereocenters. The van der Waals surface area contributed by atoms with E-state index in [2.05, 4.69) is 0 Å². The summed E-state index contributed by atoms with van der Waals surface area (Å²) in [4.78, 5) is 12.3. The van der Waals surface area contributed by atoms with Gasteiger partial charge in [-0.2, -0.15) is 0 Å². The van der Waals surface area contributed by atoms with Crippen molar-refractivity contribution in [2.45, 2.75) is 19.4 Å². The average molecular weight is 331 g/mol. The molecule has 1 aromatic heterocycles. The summed E-state index contributed by atoms with van der Waals surface area (Å²) in [6.45, 7) is 3.39. The third-order valence-corrected chi connectivity index (χ3v) is 3.83. The molecule has 1 N–H and O–H groups in total. The van der Waals surface area contributed by atoms with Gasteiger partial charge in [-0.05, 0) is 50.2 Å². The van der Waals surface area contributed by atoms with Gasteiger partial charge in [-0.1, -0.05) is 23.7 Å². The van der Waals surface area contributed by atoms with E-state index >= 15 is 0 Å². The minimum Gasteiger partial charge on any atom is -0.506 e. The molecule has 118 valence electrons. The number of benzene rings is 2. The highest BCUT2D eigenvalue weighted by atomic mass is 35.5. The third kappa shape index (κ3) is 2.90. The Hall–Kier alpha value is -2.46. The number of rotatable bonds is 3. The summed E-state index contributed by atoms with van der Waals surface area (Å²) >= 11 is 5.86. The second-order valence-electron chi connectivity index (χ2n) is 5.68. The highest BCUT2D eigenvalue weighted by molar-refractivity contribution is 6.30. The molecule has 0 spiro atoms. The molecule has 23 heavy (non-hydrogen) atoms. The molecule has 0 amide bonds. The summed E-state index contributed by atoms with van der Waals surface area (Å²) in [6, 6.07) is 13.6. The zero-order valence-corrected chi connectivity index (χ0v) is 13.4. The Morgan fingerprint density at radius 1 is 1.09 bits per heavy atom. The van der Waals surface area contributed by atoms with E-state index in [9.17, 15) is 9.90 Å². The molecule has 4 nitrogen and oxygen atoms in total. The lowest BCUT2D eigenvalue weighted by Crippen LogP contribution is -2.31. The van der Waals surface area contributed by atoms with Crippen LogP contribution in [0.2, 0.25) is 5.02 Å². The van der Waals surface area contributed by atoms with Crippen molar-refractivity contribution in [2.75, 3.05) is 0 Å². The van der Waals surface area contributed by atoms with Crippen LogP contribution in [0.3, 0.4) is 0 Å². The number of fused-ring (bicyclic) bond motifs is 1. The van der Waals surface area contributed by atoms with Gasteiger partial charge < -0.3 is 14.3 Å². The lowest BCUT2D eigenvalue weighted by Gasteiger charge is -2.26. The van der Waals surface area contributed by atoms with Crippen LogP contribution in [-0.4, -0.2) is 5.11 Å². The fraction of sp³-hybridized carbons (Fsp3) is 0.167. The van der Waals surface area contributed by atoms with Crippen molar-refractivity contribution in [3.05, 3.63) is 69.5 Å². The van der Waals surface area contributed by atoms with E-state index in [-0.39, 0.29) is 11.3 Å². The molecule has 0 bridgehead atoms. The predicted octanol–water partition coefficient (Wildman–Crippen LogP) is 4.47. The smallest absolute Gasteiger partial charge is 0.347 e. The second kappa shape index (κ2) is 5.63. The summed E-state index contributed by atoms with van der Waals surface area (Å²) in [5, 5.41) is 11.6. The van der Waals surface area contributed by atoms with Gasteiger partial charge in [0.15, 0.2) is 0 Å². The van der Waals surface area contributed by atoms with E-state index in [1.165, 1.54) is 0 Å². The molecule has 3 aromatic rings. The Morgan fingerprint density at radius 3 is 2.43 bits per heavy atom. The number of halogens is 1. The third-order valence-electron chi connectivity index (χ3n) is 3.57. The van der Waals surface area contributed by atoms with Crippen LogP contribution in [0.25, 0.3) is 11.0 Å². The maximum absolute atomic E-state index is 12.3. The quantitative estimate of drug-likeness (QED) is 0.720. The van der Waals surface area contributed by atoms with Crippen LogP contribution in [0.1, 0.15) is 19.4 Å². The molecule has 2 aromatic carbocycles. The van der Waals surface area contributed by atoms with Crippen LogP contribution in [0.15, 0.2) is 57.7 Å². The molecule has 0 aliphatic carbocycles. The minimum atomic E-state index is -1.08. The van der Waals surface area contributed by atoms with E-state index in [1.807, 2.05) is 0 Å². The van der Waals surface area contributed by atoms with E-state index in [0.29, 0.717) is 21.7 Å². The van der Waals surface area contributed by atoms with Crippen molar-refractivity contribution in [1.29, 1.82) is 0 Å². The number of ether oxygens (including phenoxy) is 1. The largest absolute Gasteiger partial charge is 0.506 e. The van der Waals surface area contributed by atoms with E-state index in [0.717, 1.165) is 0 Å². The predicted molar refractivity (Wildman–Crippen MR) is 89.3 cm³/mol. The first-order valence-electron chi connectivity index (χ1n) is 7.08. The van der Waals surface area contributed by atoms with E-state index in [1.54, 1.807) is 62.4 Å². The number of hydrogen-bond acceptors (Lipinski definition) is 4. The van der Waals surface area contributed by atoms with Crippen molar-refractivity contribution in [3.8, 4) is 11.5 Å². The molecule has 1 heterocycles. The van der Waals surface area contributed by atoms with Crippen molar-refractivity contribution < 1.29 is 14.3 Å². The number of hydrogen-bond donors (Lipinski definition) is 1. The molecule has 0 aliphatic heterocycles. The van der Waals surface area contributed by atoms with Crippen LogP contribution in [-0.2, 0) is 5.60 Å². The topological polar surface area (TPSA) is 59.7 Å². The minimum absolute atomic E-state index is 0.0751. The summed E-state index contributed by atoms with van der Waals surface area (Å²) in [7, 11) is 0. The number of aromatic hydroxyl groups is 1. The second-order valence-corrected chi connectivity index (χ2v) is 6.11. The Morgan fingerprint density at radius 2 is 1.74 bits per heavy atom. The fourth-order valence-corrected chi connectivity index (χ4v) is 2.64. The van der Waals surface area contributed by atoms with Gasteiger partial charge in [0.05, 0.1) is 5.39 Å². The lowest BCUT2D eigenvalue weighted by molar-refractivity contribution is 0.102. The summed E-state index contributed by atoms with van der Waals surface area (Å²) in [6.07, 6.45) is 0. The normalized spacial score (nSPS) is 11.6. The van der Waals surface area contributed by atoms with Gasteiger partial charge in [0.1, 0.15) is 28.2 Å². The van der Waals surface area contributed by atoms with Crippen molar-refractivity contribution in [3.63, 3.8) is 0 Å². The molecule has 5 heteroatoms. The highest BCUT2D eigenvalue weighted by Gasteiger charge is 2.32. The standard InChI is InChI=1S/C18H15ClO4/c1-18(2,23-12-9-7-11(19)8-10-12)15-16(20)13-5-3-4-6-14(13)22-17(15)21/h3-10,20H,1-2H3. The average Bonchev–Trinajstić information content (AvgIpc) is 2.49. The van der Waals surface area contributed by atoms with Gasteiger partial charge in [-0.15, -0.1) is 0 Å². The van der Waals surface area contributed by atoms with Gasteiger partial charge in [0.2, 0.25) is 0 Å². The molecular weight excluding hydrogens is 316 g/mol. The molecule has 0 unspecified atom stereocenters. The summed E-state index contributed by atoms with van der Waals surface area (Å²) < 4.78 is 11.2. The molecule has 0 saturated heterocycles. The zero-order valence-electron chi connectivity index (χ0n) is 12.7. The Kier molecular flexibility index (Phi) is 3.78. The molecule has 0 fully saturated rings. The Balaban J connectivity index is 2.10. The maximum Gasteiger partial charge on any atom is 0.347 e. The van der Waals surface area contributed by atoms with Crippen LogP contribution < -0.4 is 10.4 Å². The van der Waals surface area contributed by atoms with Crippen molar-refractivity contribution in [1.82, 2.24) is 0 Å². The van der Waals surface area contributed by atoms with Gasteiger partial charge in [0.25, 0.3) is 0 Å². The van der Waals surface area contributed by atoms with Gasteiger partial charge in [0, 0.05) is 5.02 Å². The van der Waals surface area contributed by atoms with Gasteiger partial charge in [-0.25, -0.2) is 4.79 Å². The van der Waals surface area contributed by atoms with Gasteiger partial charge >= 0.3 is 5.63 Å². The molecule has 0 radical (unpaired) electrons. The molecular formula is C18H15ClO4. The Bertz CT molecular complexity index is 910. The van der Waals surface area contributed by atoms with E-state index < -0.39 is 11.2 Å². The molecule has 0 aliphatic rings. The SMILES string of the molecule is CC(C)(Oc1ccc(Cl)cc1)c1c(O)c2ccccc2oc1=O. The first-order chi connectivity index (χ1) is 10.9. The molecule has 0 saturated carbocycles. The van der Waals surface area contributed by atoms with Crippen LogP contribution in [0.4, 0.5) is 0 Å².